The molecule has 0 bridgehead atoms. The first-order valence-electron chi connectivity index (χ1n) is 7.37. The van der Waals surface area contributed by atoms with Crippen LogP contribution in [-0.4, -0.2) is 60.5 Å². The standard InChI is InChI=1S/C7H12O3.C5H8O2.C3H4O3/c1-5(8)7-6(9)3-2-4-10-7;6-5-2-1-3-7-4-5;1-2(4)3(5)6/h6-7,9H,2-4H2,1H3;1-4H2;1H3,(H,5,6)/p-1. The summed E-state index contributed by atoms with van der Waals surface area (Å²) in [6.07, 6.45) is 2.04. The molecule has 8 heteroatoms. The number of rotatable bonds is 2. The van der Waals surface area contributed by atoms with Gasteiger partial charge in [-0.3, -0.25) is 14.4 Å². The lowest BCUT2D eigenvalue weighted by molar-refractivity contribution is -0.299. The molecule has 2 saturated heterocycles. The zero-order valence-corrected chi connectivity index (χ0v) is 13.4. The predicted octanol–water partition coefficient (Wildman–Crippen LogP) is -1.19. The van der Waals surface area contributed by atoms with Gasteiger partial charge in [0.05, 0.1) is 6.10 Å². The van der Waals surface area contributed by atoms with Crippen LogP contribution in [0.3, 0.4) is 0 Å². The van der Waals surface area contributed by atoms with Crippen LogP contribution in [0.15, 0.2) is 0 Å². The topological polar surface area (TPSA) is 130 Å². The van der Waals surface area contributed by atoms with E-state index in [9.17, 15) is 29.4 Å². The number of ketones is 3. The Hall–Kier alpha value is -1.64. The number of hydrogen-bond acceptors (Lipinski definition) is 8. The summed E-state index contributed by atoms with van der Waals surface area (Å²) < 4.78 is 9.88. The van der Waals surface area contributed by atoms with Gasteiger partial charge in [0.1, 0.15) is 18.7 Å². The third kappa shape index (κ3) is 10.7. The van der Waals surface area contributed by atoms with Crippen molar-refractivity contribution < 1.29 is 38.9 Å². The van der Waals surface area contributed by atoms with E-state index >= 15 is 0 Å². The maximum absolute atomic E-state index is 10.7. The number of ether oxygens (including phenoxy) is 2. The lowest BCUT2D eigenvalue weighted by Crippen LogP contribution is -2.39. The molecule has 0 aromatic carbocycles. The van der Waals surface area contributed by atoms with Crippen molar-refractivity contribution in [3.8, 4) is 0 Å². The summed E-state index contributed by atoms with van der Waals surface area (Å²) >= 11 is 0. The number of carbonyl (C=O) groups is 4. The van der Waals surface area contributed by atoms with Gasteiger partial charge in [-0.25, -0.2) is 0 Å². The molecule has 0 aromatic rings. The molecular formula is C15H23O8-. The molecule has 2 aliphatic rings. The molecule has 2 atom stereocenters. The van der Waals surface area contributed by atoms with Crippen LogP contribution < -0.4 is 5.11 Å². The second kappa shape index (κ2) is 11.9. The Morgan fingerprint density at radius 2 is 1.78 bits per heavy atom. The average Bonchev–Trinajstić information content (AvgIpc) is 2.49. The number of carboxylic acids is 1. The van der Waals surface area contributed by atoms with Gasteiger partial charge in [-0.05, 0) is 26.2 Å². The molecule has 2 unspecified atom stereocenters. The molecule has 132 valence electrons. The van der Waals surface area contributed by atoms with Gasteiger partial charge in [0.25, 0.3) is 0 Å². The van der Waals surface area contributed by atoms with Gasteiger partial charge in [-0.1, -0.05) is 0 Å². The van der Waals surface area contributed by atoms with Crippen molar-refractivity contribution >= 4 is 23.3 Å². The summed E-state index contributed by atoms with van der Waals surface area (Å²) in [5.74, 6) is -2.40. The van der Waals surface area contributed by atoms with Crippen LogP contribution in [0.5, 0.6) is 0 Å². The van der Waals surface area contributed by atoms with Crippen LogP contribution in [0.1, 0.15) is 39.5 Å². The Morgan fingerprint density at radius 3 is 2.04 bits per heavy atom. The molecular weight excluding hydrogens is 308 g/mol. The van der Waals surface area contributed by atoms with Crippen LogP contribution in [0.4, 0.5) is 0 Å². The smallest absolute Gasteiger partial charge is 0.175 e. The normalized spacial score (nSPS) is 23.5. The molecule has 2 rings (SSSR count). The number of aliphatic hydroxyl groups is 1. The summed E-state index contributed by atoms with van der Waals surface area (Å²) in [6.45, 7) is 4.10. The fourth-order valence-electron chi connectivity index (χ4n) is 1.78. The minimum Gasteiger partial charge on any atom is -0.542 e. The second-order valence-electron chi connectivity index (χ2n) is 5.15. The van der Waals surface area contributed by atoms with Gasteiger partial charge in [0.2, 0.25) is 0 Å². The summed E-state index contributed by atoms with van der Waals surface area (Å²) in [5, 5.41) is 18.4. The first-order chi connectivity index (χ1) is 10.8. The van der Waals surface area contributed by atoms with Crippen LogP contribution in [-0.2, 0) is 28.7 Å². The first kappa shape index (κ1) is 21.4. The van der Waals surface area contributed by atoms with E-state index in [1.165, 1.54) is 6.92 Å². The van der Waals surface area contributed by atoms with Crippen molar-refractivity contribution in [3.63, 3.8) is 0 Å². The fourth-order valence-corrected chi connectivity index (χ4v) is 1.78. The Kier molecular flexibility index (Phi) is 11.0. The summed E-state index contributed by atoms with van der Waals surface area (Å²) in [5.41, 5.74) is 0. The van der Waals surface area contributed by atoms with Crippen molar-refractivity contribution in [2.24, 2.45) is 0 Å². The SMILES string of the molecule is CC(=O)C(=O)[O-].CC(=O)C1OCCCC1O.O=C1CCCOC1. The van der Waals surface area contributed by atoms with E-state index in [4.69, 9.17) is 9.47 Å². The highest BCUT2D eigenvalue weighted by Gasteiger charge is 2.27. The number of aliphatic hydroxyl groups excluding tert-OH is 1. The van der Waals surface area contributed by atoms with Crippen molar-refractivity contribution in [3.05, 3.63) is 0 Å². The Labute approximate surface area is 134 Å². The lowest BCUT2D eigenvalue weighted by Gasteiger charge is -2.25. The molecule has 0 aromatic heterocycles. The van der Waals surface area contributed by atoms with Crippen LogP contribution in [0.25, 0.3) is 0 Å². The molecule has 8 nitrogen and oxygen atoms in total. The first-order valence-corrected chi connectivity index (χ1v) is 7.37. The minimum atomic E-state index is -1.63. The summed E-state index contributed by atoms with van der Waals surface area (Å²) in [7, 11) is 0. The number of aliphatic carboxylic acids is 1. The minimum absolute atomic E-state index is 0.0767. The summed E-state index contributed by atoms with van der Waals surface area (Å²) in [6, 6.07) is 0. The monoisotopic (exact) mass is 331 g/mol. The molecule has 0 aliphatic carbocycles. The lowest BCUT2D eigenvalue weighted by atomic mass is 10.0. The maximum atomic E-state index is 10.7. The fraction of sp³-hybridized carbons (Fsp3) is 0.733. The molecule has 1 N–H and O–H groups in total. The third-order valence-corrected chi connectivity index (χ3v) is 2.99. The number of carbonyl (C=O) groups excluding carboxylic acids is 4. The van der Waals surface area contributed by atoms with Crippen molar-refractivity contribution in [2.45, 2.75) is 51.7 Å². The van der Waals surface area contributed by atoms with Crippen molar-refractivity contribution in [1.82, 2.24) is 0 Å². The predicted molar refractivity (Wildman–Crippen MR) is 76.4 cm³/mol. The summed E-state index contributed by atoms with van der Waals surface area (Å²) in [4.78, 5) is 39.8. The van der Waals surface area contributed by atoms with E-state index < -0.39 is 24.0 Å². The number of carboxylic acid groups (broad SMARTS) is 1. The third-order valence-electron chi connectivity index (χ3n) is 2.99. The maximum Gasteiger partial charge on any atom is 0.175 e. The van der Waals surface area contributed by atoms with Crippen LogP contribution in [0, 0.1) is 0 Å². The average molecular weight is 331 g/mol. The number of Topliss-reactive ketones (excluding diaryl/α,β-unsaturated/α-hetero) is 3. The molecule has 2 heterocycles. The van der Waals surface area contributed by atoms with E-state index in [1.54, 1.807) is 0 Å². The second-order valence-corrected chi connectivity index (χ2v) is 5.15. The molecule has 2 aliphatic heterocycles. The van der Waals surface area contributed by atoms with E-state index in [2.05, 4.69) is 0 Å². The zero-order valence-electron chi connectivity index (χ0n) is 13.4. The van der Waals surface area contributed by atoms with E-state index in [1.807, 2.05) is 0 Å². The largest absolute Gasteiger partial charge is 0.542 e. The molecule has 0 saturated carbocycles. The van der Waals surface area contributed by atoms with E-state index in [-0.39, 0.29) is 11.6 Å². The molecule has 0 radical (unpaired) electrons. The molecule has 0 amide bonds. The van der Waals surface area contributed by atoms with Gasteiger partial charge < -0.3 is 24.5 Å². The molecule has 23 heavy (non-hydrogen) atoms. The van der Waals surface area contributed by atoms with E-state index in [0.717, 1.165) is 32.8 Å². The molecule has 0 spiro atoms. The van der Waals surface area contributed by atoms with Gasteiger partial charge in [0, 0.05) is 26.6 Å². The zero-order chi connectivity index (χ0) is 17.8. The van der Waals surface area contributed by atoms with Gasteiger partial charge >= 0.3 is 0 Å². The van der Waals surface area contributed by atoms with Crippen LogP contribution >= 0.6 is 0 Å². The highest BCUT2D eigenvalue weighted by atomic mass is 16.5. The number of hydrogen-bond donors (Lipinski definition) is 1. The highest BCUT2D eigenvalue weighted by Crippen LogP contribution is 2.13. The quantitative estimate of drug-likeness (QED) is 0.625. The van der Waals surface area contributed by atoms with Gasteiger partial charge in [-0.15, -0.1) is 0 Å². The van der Waals surface area contributed by atoms with Crippen molar-refractivity contribution in [1.29, 1.82) is 0 Å². The van der Waals surface area contributed by atoms with Crippen LogP contribution in [0.2, 0.25) is 0 Å². The van der Waals surface area contributed by atoms with E-state index in [0.29, 0.717) is 19.6 Å². The highest BCUT2D eigenvalue weighted by molar-refractivity contribution is 6.30. The Balaban J connectivity index is 0.000000330. The van der Waals surface area contributed by atoms with Crippen molar-refractivity contribution in [2.75, 3.05) is 19.8 Å². The molecule has 2 fully saturated rings. The van der Waals surface area contributed by atoms with Gasteiger partial charge in [-0.2, -0.15) is 0 Å². The Morgan fingerprint density at radius 1 is 1.17 bits per heavy atom. The Bertz CT molecular complexity index is 398. The van der Waals surface area contributed by atoms with Gasteiger partial charge in [0.15, 0.2) is 17.3 Å².